The maximum atomic E-state index is 3.63. The van der Waals surface area contributed by atoms with Crippen LogP contribution >= 0.6 is 0 Å². The van der Waals surface area contributed by atoms with Crippen LogP contribution in [0.2, 0.25) is 0 Å². The summed E-state index contributed by atoms with van der Waals surface area (Å²) in [5, 5.41) is 3.63. The molecule has 17 heavy (non-hydrogen) atoms. The SMILES string of the molecule is CCNC(CN(C)C)C1CC1c1ccccc1. The molecule has 0 aromatic heterocycles. The van der Waals surface area contributed by atoms with Crippen LogP contribution in [0.15, 0.2) is 30.3 Å². The normalized spacial score (nSPS) is 24.9. The Morgan fingerprint density at radius 1 is 1.29 bits per heavy atom. The van der Waals surface area contributed by atoms with Crippen LogP contribution in [0.25, 0.3) is 0 Å². The van der Waals surface area contributed by atoms with Gasteiger partial charge in [-0.05, 0) is 44.5 Å². The Kier molecular flexibility index (Phi) is 4.19. The van der Waals surface area contributed by atoms with Crippen LogP contribution in [-0.2, 0) is 0 Å². The molecule has 0 heterocycles. The smallest absolute Gasteiger partial charge is 0.0228 e. The van der Waals surface area contributed by atoms with E-state index in [0.29, 0.717) is 6.04 Å². The average molecular weight is 232 g/mol. The third kappa shape index (κ3) is 3.30. The van der Waals surface area contributed by atoms with Crippen LogP contribution in [0.1, 0.15) is 24.8 Å². The second kappa shape index (κ2) is 5.65. The molecule has 3 unspecified atom stereocenters. The van der Waals surface area contributed by atoms with Crippen LogP contribution in [0.3, 0.4) is 0 Å². The number of likely N-dealkylation sites (N-methyl/N-ethyl adjacent to an activating group) is 2. The zero-order valence-electron chi connectivity index (χ0n) is 11.2. The lowest BCUT2D eigenvalue weighted by Crippen LogP contribution is -2.40. The Labute approximate surface area is 105 Å². The zero-order chi connectivity index (χ0) is 12.3. The van der Waals surface area contributed by atoms with Gasteiger partial charge in [0.15, 0.2) is 0 Å². The Bertz CT molecular complexity index is 334. The summed E-state index contributed by atoms with van der Waals surface area (Å²) < 4.78 is 0. The number of hydrogen-bond donors (Lipinski definition) is 1. The highest BCUT2D eigenvalue weighted by Crippen LogP contribution is 2.49. The van der Waals surface area contributed by atoms with Crippen molar-refractivity contribution in [3.05, 3.63) is 35.9 Å². The molecule has 2 heteroatoms. The molecule has 1 aromatic carbocycles. The van der Waals surface area contributed by atoms with Crippen molar-refractivity contribution in [3.8, 4) is 0 Å². The van der Waals surface area contributed by atoms with Gasteiger partial charge < -0.3 is 10.2 Å². The summed E-state index contributed by atoms with van der Waals surface area (Å²) in [5.41, 5.74) is 1.51. The maximum absolute atomic E-state index is 3.63. The van der Waals surface area contributed by atoms with Crippen LogP contribution in [0.4, 0.5) is 0 Å². The first-order valence-corrected chi connectivity index (χ1v) is 6.65. The van der Waals surface area contributed by atoms with Gasteiger partial charge in [0, 0.05) is 12.6 Å². The first-order valence-electron chi connectivity index (χ1n) is 6.65. The minimum Gasteiger partial charge on any atom is -0.313 e. The number of nitrogens with one attached hydrogen (secondary N) is 1. The van der Waals surface area contributed by atoms with Crippen molar-refractivity contribution in [2.24, 2.45) is 5.92 Å². The highest BCUT2D eigenvalue weighted by molar-refractivity contribution is 5.26. The van der Waals surface area contributed by atoms with Crippen LogP contribution < -0.4 is 5.32 Å². The molecule has 2 nitrogen and oxygen atoms in total. The predicted molar refractivity (Wildman–Crippen MR) is 73.3 cm³/mol. The van der Waals surface area contributed by atoms with Gasteiger partial charge in [-0.2, -0.15) is 0 Å². The van der Waals surface area contributed by atoms with E-state index in [-0.39, 0.29) is 0 Å². The third-order valence-electron chi connectivity index (χ3n) is 3.61. The van der Waals surface area contributed by atoms with Crippen molar-refractivity contribution in [1.82, 2.24) is 10.2 Å². The number of nitrogens with zero attached hydrogens (tertiary/aromatic N) is 1. The van der Waals surface area contributed by atoms with Crippen molar-refractivity contribution in [2.75, 3.05) is 27.2 Å². The fourth-order valence-electron chi connectivity index (χ4n) is 2.75. The molecule has 0 radical (unpaired) electrons. The van der Waals surface area contributed by atoms with E-state index in [1.165, 1.54) is 12.0 Å². The highest BCUT2D eigenvalue weighted by atomic mass is 15.1. The van der Waals surface area contributed by atoms with Crippen LogP contribution in [0, 0.1) is 5.92 Å². The lowest BCUT2D eigenvalue weighted by Gasteiger charge is -2.22. The zero-order valence-corrected chi connectivity index (χ0v) is 11.2. The van der Waals surface area contributed by atoms with Crippen LogP contribution in [-0.4, -0.2) is 38.1 Å². The van der Waals surface area contributed by atoms with E-state index in [2.05, 4.69) is 61.6 Å². The number of rotatable bonds is 6. The summed E-state index contributed by atoms with van der Waals surface area (Å²) in [7, 11) is 4.31. The first kappa shape index (κ1) is 12.6. The van der Waals surface area contributed by atoms with Gasteiger partial charge >= 0.3 is 0 Å². The Morgan fingerprint density at radius 3 is 2.59 bits per heavy atom. The lowest BCUT2D eigenvalue weighted by atomic mass is 10.0. The number of benzene rings is 1. The van der Waals surface area contributed by atoms with Gasteiger partial charge in [0.25, 0.3) is 0 Å². The molecule has 2 rings (SSSR count). The number of hydrogen-bond acceptors (Lipinski definition) is 2. The van der Waals surface area contributed by atoms with E-state index in [9.17, 15) is 0 Å². The first-order chi connectivity index (χ1) is 8.22. The summed E-state index contributed by atoms with van der Waals surface area (Å²) in [6.07, 6.45) is 1.34. The van der Waals surface area contributed by atoms with E-state index in [1.807, 2.05) is 0 Å². The fourth-order valence-corrected chi connectivity index (χ4v) is 2.75. The van der Waals surface area contributed by atoms with Crippen molar-refractivity contribution in [1.29, 1.82) is 0 Å². The van der Waals surface area contributed by atoms with Crippen LogP contribution in [0.5, 0.6) is 0 Å². The van der Waals surface area contributed by atoms with Gasteiger partial charge in [-0.15, -0.1) is 0 Å². The van der Waals surface area contributed by atoms with Crippen molar-refractivity contribution < 1.29 is 0 Å². The molecule has 0 saturated heterocycles. The topological polar surface area (TPSA) is 15.3 Å². The molecule has 1 aromatic rings. The molecule has 0 spiro atoms. The average Bonchev–Trinajstić information content (AvgIpc) is 3.09. The van der Waals surface area contributed by atoms with Crippen molar-refractivity contribution in [3.63, 3.8) is 0 Å². The summed E-state index contributed by atoms with van der Waals surface area (Å²) in [5.74, 6) is 1.60. The van der Waals surface area contributed by atoms with Crippen molar-refractivity contribution >= 4 is 0 Å². The molecular weight excluding hydrogens is 208 g/mol. The molecule has 1 saturated carbocycles. The minimum atomic E-state index is 0.639. The lowest BCUT2D eigenvalue weighted by molar-refractivity contribution is 0.317. The predicted octanol–water partition coefficient (Wildman–Crippen LogP) is 2.33. The van der Waals surface area contributed by atoms with Gasteiger partial charge in [0.1, 0.15) is 0 Å². The summed E-state index contributed by atoms with van der Waals surface area (Å²) in [4.78, 5) is 2.29. The van der Waals surface area contributed by atoms with E-state index in [1.54, 1.807) is 0 Å². The molecule has 1 N–H and O–H groups in total. The summed E-state index contributed by atoms with van der Waals surface area (Å²) >= 11 is 0. The van der Waals surface area contributed by atoms with Gasteiger partial charge in [-0.25, -0.2) is 0 Å². The monoisotopic (exact) mass is 232 g/mol. The molecule has 0 amide bonds. The van der Waals surface area contributed by atoms with Gasteiger partial charge in [0.2, 0.25) is 0 Å². The molecule has 3 atom stereocenters. The molecule has 0 bridgehead atoms. The summed E-state index contributed by atoms with van der Waals surface area (Å²) in [6, 6.07) is 11.6. The fraction of sp³-hybridized carbons (Fsp3) is 0.600. The molecule has 94 valence electrons. The van der Waals surface area contributed by atoms with Gasteiger partial charge in [0.05, 0.1) is 0 Å². The van der Waals surface area contributed by atoms with Gasteiger partial charge in [-0.3, -0.25) is 0 Å². The third-order valence-corrected chi connectivity index (χ3v) is 3.61. The van der Waals surface area contributed by atoms with E-state index >= 15 is 0 Å². The molecule has 0 aliphatic heterocycles. The minimum absolute atomic E-state index is 0.639. The Hall–Kier alpha value is -0.860. The highest BCUT2D eigenvalue weighted by Gasteiger charge is 2.43. The largest absolute Gasteiger partial charge is 0.313 e. The Morgan fingerprint density at radius 2 is 2.00 bits per heavy atom. The molecule has 1 fully saturated rings. The molecule has 1 aliphatic rings. The standard InChI is InChI=1S/C15H24N2/c1-4-16-15(11-17(2)3)14-10-13(14)12-8-6-5-7-9-12/h5-9,13-16H,4,10-11H2,1-3H3. The second-order valence-corrected chi connectivity index (χ2v) is 5.34. The second-order valence-electron chi connectivity index (χ2n) is 5.34. The molecule has 1 aliphatic carbocycles. The van der Waals surface area contributed by atoms with E-state index < -0.39 is 0 Å². The summed E-state index contributed by atoms with van der Waals surface area (Å²) in [6.45, 7) is 4.40. The van der Waals surface area contributed by atoms with Gasteiger partial charge in [-0.1, -0.05) is 37.3 Å². The Balaban J connectivity index is 1.95. The van der Waals surface area contributed by atoms with Crippen molar-refractivity contribution in [2.45, 2.75) is 25.3 Å². The van der Waals surface area contributed by atoms with E-state index in [4.69, 9.17) is 0 Å². The van der Waals surface area contributed by atoms with E-state index in [0.717, 1.165) is 24.9 Å². The maximum Gasteiger partial charge on any atom is 0.0228 e. The molecular formula is C15H24N2. The quantitative estimate of drug-likeness (QED) is 0.810.